The number of thioether (sulfide) groups is 1. The topological polar surface area (TPSA) is 28.2 Å². The van der Waals surface area contributed by atoms with Gasteiger partial charge in [0, 0.05) is 47.9 Å². The van der Waals surface area contributed by atoms with Gasteiger partial charge in [-0.1, -0.05) is 27.7 Å². The van der Waals surface area contributed by atoms with Gasteiger partial charge in [-0.15, -0.1) is 0 Å². The summed E-state index contributed by atoms with van der Waals surface area (Å²) >= 11 is 1.96. The van der Waals surface area contributed by atoms with Crippen LogP contribution in [0.5, 0.6) is 0 Å². The summed E-state index contributed by atoms with van der Waals surface area (Å²) in [5.74, 6) is 1.36. The molecule has 1 N–H and O–H groups in total. The van der Waals surface area contributed by atoms with Crippen molar-refractivity contribution in [3.05, 3.63) is 23.6 Å². The molecule has 1 aromatic rings. The second-order valence-electron chi connectivity index (χ2n) is 6.49. The normalized spacial score (nSPS) is 18.9. The van der Waals surface area contributed by atoms with Crippen LogP contribution in [0.2, 0.25) is 0 Å². The molecule has 0 radical (unpaired) electrons. The molecule has 2 rings (SSSR count). The lowest BCUT2D eigenvalue weighted by atomic mass is 10.1. The van der Waals surface area contributed by atoms with Crippen molar-refractivity contribution < 1.29 is 4.39 Å². The molecule has 1 aliphatic rings. The molecular formula is C16H26FN3S. The van der Waals surface area contributed by atoms with Crippen LogP contribution in [0.4, 0.5) is 10.2 Å². The molecule has 1 aliphatic heterocycles. The maximum absolute atomic E-state index is 14.7. The third kappa shape index (κ3) is 4.58. The maximum Gasteiger partial charge on any atom is 0.170 e. The molecule has 0 amide bonds. The SMILES string of the molecule is CC(C)NCc1ccnc(N2CCSC(C)(C)CC2)c1F. The molecule has 2 heterocycles. The molecule has 21 heavy (non-hydrogen) atoms. The number of halogens is 1. The van der Waals surface area contributed by atoms with Gasteiger partial charge >= 0.3 is 0 Å². The monoisotopic (exact) mass is 311 g/mol. The highest BCUT2D eigenvalue weighted by molar-refractivity contribution is 8.00. The van der Waals surface area contributed by atoms with E-state index in [1.54, 1.807) is 12.3 Å². The fourth-order valence-corrected chi connectivity index (χ4v) is 3.47. The summed E-state index contributed by atoms with van der Waals surface area (Å²) in [6.45, 7) is 10.9. The van der Waals surface area contributed by atoms with E-state index in [1.165, 1.54) is 0 Å². The lowest BCUT2D eigenvalue weighted by Crippen LogP contribution is -2.29. The van der Waals surface area contributed by atoms with E-state index in [4.69, 9.17) is 0 Å². The van der Waals surface area contributed by atoms with Crippen molar-refractivity contribution in [1.82, 2.24) is 10.3 Å². The van der Waals surface area contributed by atoms with Crippen molar-refractivity contribution in [2.24, 2.45) is 0 Å². The second kappa shape index (κ2) is 6.97. The minimum absolute atomic E-state index is 0.171. The third-order valence-electron chi connectivity index (χ3n) is 3.79. The first-order chi connectivity index (χ1) is 9.89. The Bertz CT molecular complexity index is 477. The van der Waals surface area contributed by atoms with Crippen LogP contribution in [-0.2, 0) is 6.54 Å². The molecule has 0 atom stereocenters. The standard InChI is InChI=1S/C16H26FN3S/c1-12(2)19-11-13-5-7-18-15(14(13)17)20-8-6-16(3,4)21-10-9-20/h5,7,12,19H,6,8-11H2,1-4H3. The number of anilines is 1. The van der Waals surface area contributed by atoms with E-state index in [0.717, 1.165) is 25.3 Å². The van der Waals surface area contributed by atoms with Crippen molar-refractivity contribution >= 4 is 17.6 Å². The molecule has 0 aromatic carbocycles. The zero-order valence-electron chi connectivity index (χ0n) is 13.4. The van der Waals surface area contributed by atoms with Crippen molar-refractivity contribution in [3.8, 4) is 0 Å². The molecule has 5 heteroatoms. The van der Waals surface area contributed by atoms with E-state index >= 15 is 0 Å². The number of nitrogens with one attached hydrogen (secondary N) is 1. The van der Waals surface area contributed by atoms with Crippen LogP contribution in [0.15, 0.2) is 12.3 Å². The predicted molar refractivity (Wildman–Crippen MR) is 89.5 cm³/mol. The summed E-state index contributed by atoms with van der Waals surface area (Å²) in [6, 6.07) is 2.11. The summed E-state index contributed by atoms with van der Waals surface area (Å²) < 4.78 is 14.9. The van der Waals surface area contributed by atoms with E-state index < -0.39 is 0 Å². The zero-order chi connectivity index (χ0) is 15.5. The Kier molecular flexibility index (Phi) is 5.49. The first-order valence-electron chi connectivity index (χ1n) is 7.65. The Morgan fingerprint density at radius 3 is 2.90 bits per heavy atom. The van der Waals surface area contributed by atoms with Gasteiger partial charge in [-0.3, -0.25) is 0 Å². The number of hydrogen-bond acceptors (Lipinski definition) is 4. The summed E-state index contributed by atoms with van der Waals surface area (Å²) in [7, 11) is 0. The number of hydrogen-bond donors (Lipinski definition) is 1. The highest BCUT2D eigenvalue weighted by Gasteiger charge is 2.26. The summed E-state index contributed by atoms with van der Waals surface area (Å²) in [4.78, 5) is 6.39. The lowest BCUT2D eigenvalue weighted by Gasteiger charge is -2.24. The molecule has 118 valence electrons. The Morgan fingerprint density at radius 1 is 1.43 bits per heavy atom. The zero-order valence-corrected chi connectivity index (χ0v) is 14.3. The van der Waals surface area contributed by atoms with Crippen LogP contribution in [-0.4, -0.2) is 34.6 Å². The van der Waals surface area contributed by atoms with Crippen LogP contribution >= 0.6 is 11.8 Å². The highest BCUT2D eigenvalue weighted by Crippen LogP contribution is 2.32. The van der Waals surface area contributed by atoms with Crippen molar-refractivity contribution in [1.29, 1.82) is 0 Å². The molecule has 0 unspecified atom stereocenters. The minimum Gasteiger partial charge on any atom is -0.353 e. The quantitative estimate of drug-likeness (QED) is 0.922. The van der Waals surface area contributed by atoms with Crippen LogP contribution in [0, 0.1) is 5.82 Å². The van der Waals surface area contributed by atoms with Crippen LogP contribution in [0.25, 0.3) is 0 Å². The molecule has 0 bridgehead atoms. The molecule has 1 fully saturated rings. The van der Waals surface area contributed by atoms with Gasteiger partial charge in [0.15, 0.2) is 11.6 Å². The molecule has 0 saturated carbocycles. The number of nitrogens with zero attached hydrogens (tertiary/aromatic N) is 2. The summed E-state index contributed by atoms with van der Waals surface area (Å²) in [5.41, 5.74) is 0.699. The maximum atomic E-state index is 14.7. The second-order valence-corrected chi connectivity index (χ2v) is 8.29. The molecule has 0 aliphatic carbocycles. The molecule has 1 aromatic heterocycles. The van der Waals surface area contributed by atoms with E-state index in [2.05, 4.69) is 42.9 Å². The van der Waals surface area contributed by atoms with Crippen molar-refractivity contribution in [2.75, 3.05) is 23.7 Å². The Hall–Kier alpha value is -0.810. The number of aromatic nitrogens is 1. The van der Waals surface area contributed by atoms with Crippen LogP contribution in [0.3, 0.4) is 0 Å². The summed E-state index contributed by atoms with van der Waals surface area (Å²) in [5, 5.41) is 3.27. The molecular weight excluding hydrogens is 285 g/mol. The van der Waals surface area contributed by atoms with Crippen LogP contribution < -0.4 is 10.2 Å². The van der Waals surface area contributed by atoms with Gasteiger partial charge in [0.1, 0.15) is 0 Å². The largest absolute Gasteiger partial charge is 0.353 e. The van der Waals surface area contributed by atoms with Crippen LogP contribution in [0.1, 0.15) is 39.7 Å². The van der Waals surface area contributed by atoms with Gasteiger partial charge in [0.05, 0.1) is 0 Å². The van der Waals surface area contributed by atoms with E-state index in [0.29, 0.717) is 24.0 Å². The van der Waals surface area contributed by atoms with E-state index in [1.807, 2.05) is 11.8 Å². The van der Waals surface area contributed by atoms with Gasteiger partial charge in [-0.05, 0) is 12.5 Å². The number of rotatable bonds is 4. The van der Waals surface area contributed by atoms with Gasteiger partial charge in [-0.25, -0.2) is 9.37 Å². The van der Waals surface area contributed by atoms with Gasteiger partial charge in [0.25, 0.3) is 0 Å². The Balaban J connectivity index is 2.14. The third-order valence-corrected chi connectivity index (χ3v) is 5.16. The fraction of sp³-hybridized carbons (Fsp3) is 0.688. The van der Waals surface area contributed by atoms with E-state index in [9.17, 15) is 4.39 Å². The first-order valence-corrected chi connectivity index (χ1v) is 8.63. The predicted octanol–water partition coefficient (Wildman–Crippen LogP) is 3.44. The van der Waals surface area contributed by atoms with Crippen molar-refractivity contribution in [3.63, 3.8) is 0 Å². The van der Waals surface area contributed by atoms with Crippen molar-refractivity contribution in [2.45, 2.75) is 51.4 Å². The highest BCUT2D eigenvalue weighted by atomic mass is 32.2. The minimum atomic E-state index is -0.171. The first kappa shape index (κ1) is 16.6. The average Bonchev–Trinajstić information content (AvgIpc) is 2.58. The van der Waals surface area contributed by atoms with Gasteiger partial charge in [-0.2, -0.15) is 11.8 Å². The number of pyridine rings is 1. The molecule has 0 spiro atoms. The molecule has 1 saturated heterocycles. The smallest absolute Gasteiger partial charge is 0.170 e. The fourth-order valence-electron chi connectivity index (χ4n) is 2.37. The molecule has 3 nitrogen and oxygen atoms in total. The van der Waals surface area contributed by atoms with Gasteiger partial charge in [0.2, 0.25) is 0 Å². The Labute approximate surface area is 131 Å². The Morgan fingerprint density at radius 2 is 2.19 bits per heavy atom. The average molecular weight is 311 g/mol. The lowest BCUT2D eigenvalue weighted by molar-refractivity contribution is 0.545. The van der Waals surface area contributed by atoms with E-state index in [-0.39, 0.29) is 10.6 Å². The summed E-state index contributed by atoms with van der Waals surface area (Å²) in [6.07, 6.45) is 2.77. The van der Waals surface area contributed by atoms with Gasteiger partial charge < -0.3 is 10.2 Å².